The van der Waals surface area contributed by atoms with Gasteiger partial charge in [-0.3, -0.25) is 0 Å². The molecule has 1 N–H and O–H groups in total. The molecule has 0 saturated carbocycles. The van der Waals surface area contributed by atoms with Crippen molar-refractivity contribution in [1.29, 1.82) is 0 Å². The SMILES string of the molecule is Cc1cccc(NC(=O)N2Cc3ccccc3-n3cccc3C2c2ccc(F)cc2)c1C. The highest BCUT2D eigenvalue weighted by atomic mass is 19.1. The molecule has 5 rings (SSSR count). The number of benzene rings is 3. The van der Waals surface area contributed by atoms with Gasteiger partial charge in [0.05, 0.1) is 18.3 Å². The fourth-order valence-corrected chi connectivity index (χ4v) is 4.41. The molecule has 1 aromatic heterocycles. The summed E-state index contributed by atoms with van der Waals surface area (Å²) in [5.74, 6) is -0.299. The number of urea groups is 1. The molecule has 1 unspecified atom stereocenters. The number of rotatable bonds is 2. The van der Waals surface area contributed by atoms with Crippen LogP contribution in [-0.4, -0.2) is 15.5 Å². The number of halogens is 1. The summed E-state index contributed by atoms with van der Waals surface area (Å²) in [4.78, 5) is 15.5. The summed E-state index contributed by atoms with van der Waals surface area (Å²) in [6.45, 7) is 4.46. The van der Waals surface area contributed by atoms with Gasteiger partial charge in [-0.1, -0.05) is 42.5 Å². The molecule has 4 nitrogen and oxygen atoms in total. The average molecular weight is 426 g/mol. The van der Waals surface area contributed by atoms with Crippen molar-refractivity contribution in [2.75, 3.05) is 5.32 Å². The van der Waals surface area contributed by atoms with Gasteiger partial charge in [0.15, 0.2) is 0 Å². The minimum Gasteiger partial charge on any atom is -0.318 e. The standard InChI is InChI=1S/C27H24FN3O/c1-18-7-5-9-23(19(18)2)29-27(32)31-17-21-8-3-4-10-24(21)30-16-6-11-25(30)26(31)20-12-14-22(28)15-13-20/h3-16,26H,17H2,1-2H3,(H,29,32). The van der Waals surface area contributed by atoms with E-state index in [-0.39, 0.29) is 17.9 Å². The molecule has 0 radical (unpaired) electrons. The molecule has 4 aromatic rings. The molecule has 0 fully saturated rings. The normalized spacial score (nSPS) is 15.0. The Kier molecular flexibility index (Phi) is 5.02. The van der Waals surface area contributed by atoms with E-state index in [1.165, 1.54) is 12.1 Å². The van der Waals surface area contributed by atoms with Gasteiger partial charge < -0.3 is 14.8 Å². The maximum absolute atomic E-state index is 13.7. The molecular formula is C27H24FN3O. The lowest BCUT2D eigenvalue weighted by Gasteiger charge is -2.31. The van der Waals surface area contributed by atoms with Gasteiger partial charge in [-0.25, -0.2) is 9.18 Å². The maximum Gasteiger partial charge on any atom is 0.322 e. The van der Waals surface area contributed by atoms with Crippen LogP contribution in [0, 0.1) is 19.7 Å². The minimum absolute atomic E-state index is 0.197. The summed E-state index contributed by atoms with van der Waals surface area (Å²) in [5.41, 5.74) is 6.85. The van der Waals surface area contributed by atoms with Crippen LogP contribution in [0.2, 0.25) is 0 Å². The van der Waals surface area contributed by atoms with E-state index in [0.717, 1.165) is 39.3 Å². The van der Waals surface area contributed by atoms with Crippen molar-refractivity contribution in [2.24, 2.45) is 0 Å². The summed E-state index contributed by atoms with van der Waals surface area (Å²) in [5, 5.41) is 3.12. The maximum atomic E-state index is 13.7. The number of para-hydroxylation sites is 1. The van der Waals surface area contributed by atoms with E-state index in [4.69, 9.17) is 0 Å². The van der Waals surface area contributed by atoms with E-state index < -0.39 is 0 Å². The third-order valence-corrected chi connectivity index (χ3v) is 6.26. The number of nitrogens with zero attached hydrogens (tertiary/aromatic N) is 2. The lowest BCUT2D eigenvalue weighted by atomic mass is 10.0. The third kappa shape index (κ3) is 3.46. The van der Waals surface area contributed by atoms with E-state index in [1.54, 1.807) is 12.1 Å². The van der Waals surface area contributed by atoms with E-state index in [9.17, 15) is 9.18 Å². The van der Waals surface area contributed by atoms with Crippen LogP contribution in [-0.2, 0) is 6.54 Å². The predicted molar refractivity (Wildman–Crippen MR) is 124 cm³/mol. The van der Waals surface area contributed by atoms with Crippen LogP contribution in [0.5, 0.6) is 0 Å². The Morgan fingerprint density at radius 3 is 2.53 bits per heavy atom. The number of nitrogens with one attached hydrogen (secondary N) is 1. The Labute approximate surface area is 186 Å². The topological polar surface area (TPSA) is 37.3 Å². The molecular weight excluding hydrogens is 401 g/mol. The number of carbonyl (C=O) groups is 1. The van der Waals surface area contributed by atoms with E-state index in [0.29, 0.717) is 6.54 Å². The van der Waals surface area contributed by atoms with Crippen molar-refractivity contribution in [3.05, 3.63) is 119 Å². The summed E-state index contributed by atoms with van der Waals surface area (Å²) in [6.07, 6.45) is 2.01. The molecule has 2 amide bonds. The molecule has 0 bridgehead atoms. The number of fused-ring (bicyclic) bond motifs is 3. The monoisotopic (exact) mass is 425 g/mol. The van der Waals surface area contributed by atoms with Crippen LogP contribution in [0.25, 0.3) is 5.69 Å². The number of anilines is 1. The smallest absolute Gasteiger partial charge is 0.318 e. The number of hydrogen-bond acceptors (Lipinski definition) is 1. The van der Waals surface area contributed by atoms with Gasteiger partial charge in [0, 0.05) is 17.6 Å². The fraction of sp³-hybridized carbons (Fsp3) is 0.148. The van der Waals surface area contributed by atoms with Crippen molar-refractivity contribution >= 4 is 11.7 Å². The molecule has 0 spiro atoms. The minimum atomic E-state index is -0.372. The number of aromatic nitrogens is 1. The van der Waals surface area contributed by atoms with Gasteiger partial charge in [-0.2, -0.15) is 0 Å². The van der Waals surface area contributed by atoms with Crippen LogP contribution >= 0.6 is 0 Å². The van der Waals surface area contributed by atoms with Gasteiger partial charge in [-0.05, 0) is 72.5 Å². The van der Waals surface area contributed by atoms with Crippen LogP contribution in [0.4, 0.5) is 14.9 Å². The first-order valence-corrected chi connectivity index (χ1v) is 10.7. The van der Waals surface area contributed by atoms with Crippen molar-refractivity contribution < 1.29 is 9.18 Å². The van der Waals surface area contributed by atoms with Gasteiger partial charge in [0.25, 0.3) is 0 Å². The quantitative estimate of drug-likeness (QED) is 0.398. The number of hydrogen-bond donors (Lipinski definition) is 1. The zero-order valence-electron chi connectivity index (χ0n) is 18.0. The Bertz CT molecular complexity index is 1290. The highest BCUT2D eigenvalue weighted by molar-refractivity contribution is 5.91. The second kappa shape index (κ2) is 8.00. The first-order valence-electron chi connectivity index (χ1n) is 10.7. The zero-order valence-corrected chi connectivity index (χ0v) is 18.0. The van der Waals surface area contributed by atoms with Gasteiger partial charge in [0.2, 0.25) is 0 Å². The largest absolute Gasteiger partial charge is 0.322 e. The van der Waals surface area contributed by atoms with E-state index in [2.05, 4.69) is 16.0 Å². The van der Waals surface area contributed by atoms with Crippen molar-refractivity contribution in [1.82, 2.24) is 9.47 Å². The highest BCUT2D eigenvalue weighted by Gasteiger charge is 2.33. The van der Waals surface area contributed by atoms with Gasteiger partial charge in [-0.15, -0.1) is 0 Å². The third-order valence-electron chi connectivity index (χ3n) is 6.26. The molecule has 32 heavy (non-hydrogen) atoms. The van der Waals surface area contributed by atoms with Crippen molar-refractivity contribution in [3.63, 3.8) is 0 Å². The Hall–Kier alpha value is -3.86. The summed E-state index contributed by atoms with van der Waals surface area (Å²) in [7, 11) is 0. The van der Waals surface area contributed by atoms with Crippen LogP contribution < -0.4 is 5.32 Å². The Morgan fingerprint density at radius 1 is 0.938 bits per heavy atom. The predicted octanol–water partition coefficient (Wildman–Crippen LogP) is 6.37. The first-order chi connectivity index (χ1) is 15.5. The number of aryl methyl sites for hydroxylation is 1. The van der Waals surface area contributed by atoms with Gasteiger partial charge >= 0.3 is 6.03 Å². The van der Waals surface area contributed by atoms with Crippen molar-refractivity contribution in [2.45, 2.75) is 26.4 Å². The fourth-order valence-electron chi connectivity index (χ4n) is 4.41. The van der Waals surface area contributed by atoms with Gasteiger partial charge in [0.1, 0.15) is 5.82 Å². The molecule has 160 valence electrons. The first kappa shape index (κ1) is 20.1. The highest BCUT2D eigenvalue weighted by Crippen LogP contribution is 2.37. The number of amides is 2. The molecule has 1 aliphatic heterocycles. The molecule has 0 saturated heterocycles. The Morgan fingerprint density at radius 2 is 1.72 bits per heavy atom. The lowest BCUT2D eigenvalue weighted by molar-refractivity contribution is 0.194. The van der Waals surface area contributed by atoms with E-state index >= 15 is 0 Å². The zero-order chi connectivity index (χ0) is 22.2. The molecule has 1 atom stereocenters. The molecule has 5 heteroatoms. The lowest BCUT2D eigenvalue weighted by Crippen LogP contribution is -2.38. The second-order valence-corrected chi connectivity index (χ2v) is 8.19. The van der Waals surface area contributed by atoms with E-state index in [1.807, 2.05) is 73.5 Å². The average Bonchev–Trinajstić information content (AvgIpc) is 3.22. The van der Waals surface area contributed by atoms with Crippen LogP contribution in [0.3, 0.4) is 0 Å². The molecule has 2 heterocycles. The molecule has 1 aliphatic rings. The molecule has 0 aliphatic carbocycles. The Balaban J connectivity index is 1.64. The van der Waals surface area contributed by atoms with Crippen LogP contribution in [0.1, 0.15) is 34.0 Å². The number of carbonyl (C=O) groups excluding carboxylic acids is 1. The molecule has 3 aromatic carbocycles. The summed E-state index contributed by atoms with van der Waals surface area (Å²) < 4.78 is 15.8. The summed E-state index contributed by atoms with van der Waals surface area (Å²) in [6, 6.07) is 23.8. The van der Waals surface area contributed by atoms with Crippen molar-refractivity contribution in [3.8, 4) is 5.69 Å². The second-order valence-electron chi connectivity index (χ2n) is 8.19. The van der Waals surface area contributed by atoms with Crippen LogP contribution in [0.15, 0.2) is 85.1 Å². The summed E-state index contributed by atoms with van der Waals surface area (Å²) >= 11 is 0.